The van der Waals surface area contributed by atoms with Gasteiger partial charge >= 0.3 is 0 Å². The number of aliphatic imine (C=N–C) groups is 1. The SMILES string of the molecule is CN(C)C(=O)CN=C(NC1CCCC1)N1CCN(c2ccccc2)CC1.I. The average Bonchev–Trinajstić information content (AvgIpc) is 3.19. The van der Waals surface area contributed by atoms with Gasteiger partial charge < -0.3 is 20.0 Å². The molecule has 0 unspecified atom stereocenters. The minimum atomic E-state index is 0. The van der Waals surface area contributed by atoms with Crippen LogP contribution >= 0.6 is 24.0 Å². The third kappa shape index (κ3) is 6.26. The Morgan fingerprint density at radius 3 is 2.33 bits per heavy atom. The van der Waals surface area contributed by atoms with E-state index < -0.39 is 0 Å². The minimum absolute atomic E-state index is 0. The lowest BCUT2D eigenvalue weighted by Crippen LogP contribution is -2.54. The van der Waals surface area contributed by atoms with Crippen molar-refractivity contribution in [1.29, 1.82) is 0 Å². The molecule has 1 saturated carbocycles. The van der Waals surface area contributed by atoms with E-state index in [1.54, 1.807) is 19.0 Å². The van der Waals surface area contributed by atoms with Gasteiger partial charge in [0.2, 0.25) is 5.91 Å². The Labute approximate surface area is 180 Å². The lowest BCUT2D eigenvalue weighted by Gasteiger charge is -2.38. The van der Waals surface area contributed by atoms with Crippen LogP contribution in [0.3, 0.4) is 0 Å². The average molecular weight is 485 g/mol. The number of rotatable bonds is 4. The van der Waals surface area contributed by atoms with Crippen LogP contribution in [-0.4, -0.2) is 74.5 Å². The van der Waals surface area contributed by atoms with Crippen molar-refractivity contribution >= 4 is 41.5 Å². The monoisotopic (exact) mass is 485 g/mol. The summed E-state index contributed by atoms with van der Waals surface area (Å²) in [6.07, 6.45) is 4.96. The Balaban J connectivity index is 0.00000261. The van der Waals surface area contributed by atoms with Gasteiger partial charge in [-0.1, -0.05) is 31.0 Å². The van der Waals surface area contributed by atoms with E-state index in [0.717, 1.165) is 32.1 Å². The maximum absolute atomic E-state index is 12.0. The number of carbonyl (C=O) groups excluding carboxylic acids is 1. The van der Waals surface area contributed by atoms with Gasteiger partial charge in [-0.15, -0.1) is 24.0 Å². The zero-order chi connectivity index (χ0) is 18.4. The molecule has 1 saturated heterocycles. The molecule has 150 valence electrons. The molecule has 6 nitrogen and oxygen atoms in total. The van der Waals surface area contributed by atoms with Crippen molar-refractivity contribution in [2.24, 2.45) is 4.99 Å². The van der Waals surface area contributed by atoms with Gasteiger partial charge in [-0.25, -0.2) is 4.99 Å². The molecule has 2 fully saturated rings. The number of guanidine groups is 1. The summed E-state index contributed by atoms with van der Waals surface area (Å²) in [6, 6.07) is 11.0. The summed E-state index contributed by atoms with van der Waals surface area (Å²) in [5.41, 5.74) is 1.28. The molecule has 0 radical (unpaired) electrons. The van der Waals surface area contributed by atoms with Gasteiger partial charge in [0.05, 0.1) is 0 Å². The molecule has 1 amide bonds. The number of halogens is 1. The van der Waals surface area contributed by atoms with Gasteiger partial charge in [-0.3, -0.25) is 4.79 Å². The van der Waals surface area contributed by atoms with Crippen molar-refractivity contribution in [2.45, 2.75) is 31.7 Å². The Kier molecular flexibility index (Phi) is 8.66. The Morgan fingerprint density at radius 2 is 1.74 bits per heavy atom. The molecular weight excluding hydrogens is 453 g/mol. The topological polar surface area (TPSA) is 51.2 Å². The Bertz CT molecular complexity index is 608. The maximum Gasteiger partial charge on any atom is 0.243 e. The number of para-hydroxylation sites is 1. The number of hydrogen-bond acceptors (Lipinski definition) is 3. The van der Waals surface area contributed by atoms with Crippen molar-refractivity contribution in [1.82, 2.24) is 15.1 Å². The van der Waals surface area contributed by atoms with Crippen LogP contribution in [0.5, 0.6) is 0 Å². The van der Waals surface area contributed by atoms with E-state index in [0.29, 0.717) is 6.04 Å². The van der Waals surface area contributed by atoms with Crippen LogP contribution in [0.4, 0.5) is 5.69 Å². The van der Waals surface area contributed by atoms with Crippen LogP contribution in [0.1, 0.15) is 25.7 Å². The van der Waals surface area contributed by atoms with Crippen molar-refractivity contribution in [3.63, 3.8) is 0 Å². The molecule has 27 heavy (non-hydrogen) atoms. The largest absolute Gasteiger partial charge is 0.368 e. The van der Waals surface area contributed by atoms with Gasteiger partial charge in [-0.05, 0) is 25.0 Å². The second-order valence-electron chi connectivity index (χ2n) is 7.36. The molecule has 0 bridgehead atoms. The smallest absolute Gasteiger partial charge is 0.243 e. The van der Waals surface area contributed by atoms with Gasteiger partial charge in [-0.2, -0.15) is 0 Å². The van der Waals surface area contributed by atoms with Crippen molar-refractivity contribution in [3.05, 3.63) is 30.3 Å². The molecule has 7 heteroatoms. The molecule has 1 N–H and O–H groups in total. The van der Waals surface area contributed by atoms with E-state index in [-0.39, 0.29) is 36.4 Å². The second kappa shape index (κ2) is 10.7. The van der Waals surface area contributed by atoms with Crippen molar-refractivity contribution in [3.8, 4) is 0 Å². The highest BCUT2D eigenvalue weighted by Gasteiger charge is 2.23. The lowest BCUT2D eigenvalue weighted by molar-refractivity contribution is -0.127. The number of hydrogen-bond donors (Lipinski definition) is 1. The fourth-order valence-corrected chi connectivity index (χ4v) is 3.59. The van der Waals surface area contributed by atoms with Crippen LogP contribution in [0, 0.1) is 0 Å². The number of anilines is 1. The number of nitrogens with one attached hydrogen (secondary N) is 1. The third-order valence-electron chi connectivity index (χ3n) is 5.25. The molecule has 1 aliphatic carbocycles. The first-order chi connectivity index (χ1) is 12.6. The highest BCUT2D eigenvalue weighted by Crippen LogP contribution is 2.19. The van der Waals surface area contributed by atoms with Crippen LogP contribution in [0.2, 0.25) is 0 Å². The zero-order valence-corrected chi connectivity index (χ0v) is 18.8. The maximum atomic E-state index is 12.0. The Morgan fingerprint density at radius 1 is 1.11 bits per heavy atom. The molecule has 2 aliphatic rings. The normalized spacial score (nSPS) is 18.2. The molecule has 0 aromatic heterocycles. The number of piperazine rings is 1. The van der Waals surface area contributed by atoms with Gasteiger partial charge in [0.1, 0.15) is 6.54 Å². The Hall–Kier alpha value is -1.51. The predicted molar refractivity (Wildman–Crippen MR) is 122 cm³/mol. The van der Waals surface area contributed by atoms with E-state index in [4.69, 9.17) is 0 Å². The molecule has 0 atom stereocenters. The number of benzene rings is 1. The summed E-state index contributed by atoms with van der Waals surface area (Å²) >= 11 is 0. The zero-order valence-electron chi connectivity index (χ0n) is 16.4. The van der Waals surface area contributed by atoms with Crippen LogP contribution in [-0.2, 0) is 4.79 Å². The summed E-state index contributed by atoms with van der Waals surface area (Å²) in [4.78, 5) is 22.9. The fraction of sp³-hybridized carbons (Fsp3) is 0.600. The number of likely N-dealkylation sites (N-methyl/N-ethyl adjacent to an activating group) is 1. The first-order valence-electron chi connectivity index (χ1n) is 9.69. The van der Waals surface area contributed by atoms with E-state index in [9.17, 15) is 4.79 Å². The number of amides is 1. The molecule has 1 aromatic rings. The fourth-order valence-electron chi connectivity index (χ4n) is 3.59. The first-order valence-corrected chi connectivity index (χ1v) is 9.69. The summed E-state index contributed by atoms with van der Waals surface area (Å²) < 4.78 is 0. The quantitative estimate of drug-likeness (QED) is 0.405. The molecule has 3 rings (SSSR count). The molecular formula is C20H32IN5O. The van der Waals surface area contributed by atoms with Crippen molar-refractivity contribution < 1.29 is 4.79 Å². The van der Waals surface area contributed by atoms with E-state index in [1.807, 2.05) is 0 Å². The van der Waals surface area contributed by atoms with Crippen LogP contribution < -0.4 is 10.2 Å². The highest BCUT2D eigenvalue weighted by atomic mass is 127. The second-order valence-corrected chi connectivity index (χ2v) is 7.36. The van der Waals surface area contributed by atoms with Gasteiger partial charge in [0.25, 0.3) is 0 Å². The van der Waals surface area contributed by atoms with Crippen LogP contribution in [0.15, 0.2) is 35.3 Å². The third-order valence-corrected chi connectivity index (χ3v) is 5.25. The highest BCUT2D eigenvalue weighted by molar-refractivity contribution is 14.0. The number of nitrogens with zero attached hydrogens (tertiary/aromatic N) is 4. The number of carbonyl (C=O) groups is 1. The van der Waals surface area contributed by atoms with E-state index in [1.165, 1.54) is 31.4 Å². The predicted octanol–water partition coefficient (Wildman–Crippen LogP) is 2.40. The summed E-state index contributed by atoms with van der Waals surface area (Å²) in [5, 5.41) is 3.62. The van der Waals surface area contributed by atoms with Crippen molar-refractivity contribution in [2.75, 3.05) is 51.7 Å². The lowest BCUT2D eigenvalue weighted by atomic mass is 10.2. The van der Waals surface area contributed by atoms with Crippen LogP contribution in [0.25, 0.3) is 0 Å². The van der Waals surface area contributed by atoms with Gasteiger partial charge in [0, 0.05) is 52.0 Å². The van der Waals surface area contributed by atoms with E-state index >= 15 is 0 Å². The van der Waals surface area contributed by atoms with E-state index in [2.05, 4.69) is 50.4 Å². The first kappa shape index (κ1) is 21.8. The minimum Gasteiger partial charge on any atom is -0.368 e. The summed E-state index contributed by atoms with van der Waals surface area (Å²) in [7, 11) is 3.56. The standard InChI is InChI=1S/C20H31N5O.HI/c1-23(2)19(26)16-21-20(22-17-8-6-7-9-17)25-14-12-24(13-15-25)18-10-4-3-5-11-18;/h3-5,10-11,17H,6-9,12-16H2,1-2H3,(H,21,22);1H. The molecule has 1 aromatic carbocycles. The molecule has 1 heterocycles. The van der Waals surface area contributed by atoms with Gasteiger partial charge in [0.15, 0.2) is 5.96 Å². The molecule has 1 aliphatic heterocycles. The molecule has 0 spiro atoms. The summed E-state index contributed by atoms with van der Waals surface area (Å²) in [6.45, 7) is 3.99. The summed E-state index contributed by atoms with van der Waals surface area (Å²) in [5.74, 6) is 0.943.